The molecule has 5 heteroatoms. The van der Waals surface area contributed by atoms with Crippen LogP contribution in [-0.4, -0.2) is 17.2 Å². The lowest BCUT2D eigenvalue weighted by molar-refractivity contribution is 0.106. The van der Waals surface area contributed by atoms with Crippen molar-refractivity contribution in [3.05, 3.63) is 70.2 Å². The molecule has 2 atom stereocenters. The first kappa shape index (κ1) is 16.5. The number of aliphatic hydroxyl groups is 1. The van der Waals surface area contributed by atoms with Crippen molar-refractivity contribution in [3.63, 3.8) is 0 Å². The van der Waals surface area contributed by atoms with E-state index < -0.39 is 18.2 Å². The van der Waals surface area contributed by atoms with Crippen LogP contribution in [0.15, 0.2) is 59.1 Å². The predicted octanol–water partition coefficient (Wildman–Crippen LogP) is 3.80. The van der Waals surface area contributed by atoms with Gasteiger partial charge in [-0.3, -0.25) is 0 Å². The van der Waals surface area contributed by atoms with Crippen molar-refractivity contribution in [1.29, 1.82) is 0 Å². The zero-order chi connectivity index (χ0) is 15.9. The number of rotatable bonds is 5. The average molecular weight is 364 g/mol. The summed E-state index contributed by atoms with van der Waals surface area (Å²) in [5.74, 6) is 0. The first-order valence-corrected chi connectivity index (χ1v) is 7.76. The molecule has 0 aliphatic rings. The topological polar surface area (TPSA) is 58.6 Å². The van der Waals surface area contributed by atoms with Crippen molar-refractivity contribution in [3.8, 4) is 0 Å². The van der Waals surface area contributed by atoms with Gasteiger partial charge >= 0.3 is 6.09 Å². The summed E-state index contributed by atoms with van der Waals surface area (Å²) >= 11 is 3.34. The van der Waals surface area contributed by atoms with Crippen LogP contribution in [-0.2, 0) is 11.3 Å². The highest BCUT2D eigenvalue weighted by Crippen LogP contribution is 2.19. The maximum Gasteiger partial charge on any atom is 0.407 e. The van der Waals surface area contributed by atoms with Crippen LogP contribution < -0.4 is 5.32 Å². The van der Waals surface area contributed by atoms with Gasteiger partial charge in [0.2, 0.25) is 0 Å². The van der Waals surface area contributed by atoms with Gasteiger partial charge in [-0.25, -0.2) is 4.79 Å². The summed E-state index contributed by atoms with van der Waals surface area (Å²) in [6.07, 6.45) is -1.34. The molecule has 2 unspecified atom stereocenters. The van der Waals surface area contributed by atoms with E-state index in [1.807, 2.05) is 54.6 Å². The van der Waals surface area contributed by atoms with Crippen molar-refractivity contribution in [2.24, 2.45) is 0 Å². The van der Waals surface area contributed by atoms with E-state index in [2.05, 4.69) is 21.2 Å². The Bertz CT molecular complexity index is 601. The van der Waals surface area contributed by atoms with Gasteiger partial charge < -0.3 is 15.2 Å². The summed E-state index contributed by atoms with van der Waals surface area (Å²) in [5.41, 5.74) is 1.65. The number of ether oxygens (including phenoxy) is 1. The molecule has 0 radical (unpaired) electrons. The van der Waals surface area contributed by atoms with Gasteiger partial charge in [0.15, 0.2) is 0 Å². The second kappa shape index (κ2) is 7.96. The highest BCUT2D eigenvalue weighted by molar-refractivity contribution is 9.10. The van der Waals surface area contributed by atoms with Crippen LogP contribution in [0.1, 0.15) is 24.2 Å². The van der Waals surface area contributed by atoms with Crippen LogP contribution in [0.3, 0.4) is 0 Å². The molecule has 1 amide bonds. The minimum Gasteiger partial charge on any atom is -0.445 e. The summed E-state index contributed by atoms with van der Waals surface area (Å²) in [6, 6.07) is 16.3. The summed E-state index contributed by atoms with van der Waals surface area (Å²) in [6.45, 7) is 1.93. The van der Waals surface area contributed by atoms with Crippen molar-refractivity contribution in [2.45, 2.75) is 25.7 Å². The van der Waals surface area contributed by atoms with E-state index in [4.69, 9.17) is 4.74 Å². The van der Waals surface area contributed by atoms with Gasteiger partial charge in [-0.05, 0) is 30.2 Å². The third kappa shape index (κ3) is 4.86. The third-order valence-electron chi connectivity index (χ3n) is 3.24. The molecule has 0 bridgehead atoms. The Morgan fingerprint density at radius 2 is 1.82 bits per heavy atom. The fourth-order valence-electron chi connectivity index (χ4n) is 1.98. The van der Waals surface area contributed by atoms with Crippen molar-refractivity contribution < 1.29 is 14.6 Å². The van der Waals surface area contributed by atoms with Crippen molar-refractivity contribution in [1.82, 2.24) is 5.32 Å². The SMILES string of the molecule is CC(NC(=O)OCc1ccccc1)C(O)c1ccc(Br)cc1. The van der Waals surface area contributed by atoms with Gasteiger partial charge in [0.1, 0.15) is 6.61 Å². The highest BCUT2D eigenvalue weighted by Gasteiger charge is 2.19. The van der Waals surface area contributed by atoms with Crippen LogP contribution >= 0.6 is 15.9 Å². The lowest BCUT2D eigenvalue weighted by atomic mass is 10.0. The van der Waals surface area contributed by atoms with E-state index in [0.717, 1.165) is 15.6 Å². The number of amides is 1. The molecule has 0 aromatic heterocycles. The zero-order valence-corrected chi connectivity index (χ0v) is 13.8. The van der Waals surface area contributed by atoms with Gasteiger partial charge in [-0.1, -0.05) is 58.4 Å². The van der Waals surface area contributed by atoms with E-state index in [9.17, 15) is 9.90 Å². The molecule has 0 saturated carbocycles. The molecule has 0 saturated heterocycles. The lowest BCUT2D eigenvalue weighted by Gasteiger charge is -2.20. The molecular formula is C17H18BrNO3. The quantitative estimate of drug-likeness (QED) is 0.849. The predicted molar refractivity (Wildman–Crippen MR) is 88.3 cm³/mol. The number of carbonyl (C=O) groups is 1. The molecule has 0 fully saturated rings. The lowest BCUT2D eigenvalue weighted by Crippen LogP contribution is -2.37. The first-order chi connectivity index (χ1) is 10.6. The number of hydrogen-bond donors (Lipinski definition) is 2. The van der Waals surface area contributed by atoms with Gasteiger partial charge in [-0.2, -0.15) is 0 Å². The number of carbonyl (C=O) groups excluding carboxylic acids is 1. The maximum atomic E-state index is 11.8. The molecule has 116 valence electrons. The molecule has 22 heavy (non-hydrogen) atoms. The van der Waals surface area contributed by atoms with Crippen LogP contribution in [0.25, 0.3) is 0 Å². The second-order valence-electron chi connectivity index (χ2n) is 4.99. The highest BCUT2D eigenvalue weighted by atomic mass is 79.9. The van der Waals surface area contributed by atoms with Crippen LogP contribution in [0, 0.1) is 0 Å². The van der Waals surface area contributed by atoms with Gasteiger partial charge in [0, 0.05) is 4.47 Å². The minimum atomic E-state index is -0.794. The molecule has 0 aliphatic carbocycles. The normalized spacial score (nSPS) is 13.2. The molecule has 2 aromatic rings. The van der Waals surface area contributed by atoms with Gasteiger partial charge in [0.25, 0.3) is 0 Å². The Morgan fingerprint density at radius 1 is 1.18 bits per heavy atom. The maximum absolute atomic E-state index is 11.8. The third-order valence-corrected chi connectivity index (χ3v) is 3.77. The number of benzene rings is 2. The molecular weight excluding hydrogens is 346 g/mol. The van der Waals surface area contributed by atoms with E-state index in [0.29, 0.717) is 0 Å². The summed E-state index contributed by atoms with van der Waals surface area (Å²) in [7, 11) is 0. The molecule has 0 spiro atoms. The molecule has 2 rings (SSSR count). The van der Waals surface area contributed by atoms with E-state index in [1.54, 1.807) is 6.92 Å². The Balaban J connectivity index is 1.84. The summed E-state index contributed by atoms with van der Waals surface area (Å²) in [5, 5.41) is 12.9. The number of alkyl carbamates (subject to hydrolysis) is 1. The number of halogens is 1. The Labute approximate surface area is 138 Å². The Hall–Kier alpha value is -1.85. The molecule has 0 heterocycles. The molecule has 2 N–H and O–H groups in total. The molecule has 4 nitrogen and oxygen atoms in total. The fourth-order valence-corrected chi connectivity index (χ4v) is 2.24. The summed E-state index contributed by atoms with van der Waals surface area (Å²) in [4.78, 5) is 11.8. The average Bonchev–Trinajstić information content (AvgIpc) is 2.54. The zero-order valence-electron chi connectivity index (χ0n) is 12.2. The first-order valence-electron chi connectivity index (χ1n) is 6.97. The number of hydrogen-bond acceptors (Lipinski definition) is 3. The number of nitrogens with one attached hydrogen (secondary N) is 1. The van der Waals surface area contributed by atoms with Crippen LogP contribution in [0.2, 0.25) is 0 Å². The van der Waals surface area contributed by atoms with E-state index in [1.165, 1.54) is 0 Å². The van der Waals surface area contributed by atoms with E-state index >= 15 is 0 Å². The Morgan fingerprint density at radius 3 is 2.45 bits per heavy atom. The van der Waals surface area contributed by atoms with Crippen molar-refractivity contribution >= 4 is 22.0 Å². The summed E-state index contributed by atoms with van der Waals surface area (Å²) < 4.78 is 6.07. The molecule has 2 aromatic carbocycles. The van der Waals surface area contributed by atoms with E-state index in [-0.39, 0.29) is 6.61 Å². The van der Waals surface area contributed by atoms with Crippen molar-refractivity contribution in [2.75, 3.05) is 0 Å². The van der Waals surface area contributed by atoms with Gasteiger partial charge in [-0.15, -0.1) is 0 Å². The second-order valence-corrected chi connectivity index (χ2v) is 5.91. The van der Waals surface area contributed by atoms with Crippen LogP contribution in [0.5, 0.6) is 0 Å². The minimum absolute atomic E-state index is 0.202. The molecule has 0 aliphatic heterocycles. The monoisotopic (exact) mass is 363 g/mol. The number of aliphatic hydroxyl groups excluding tert-OH is 1. The van der Waals surface area contributed by atoms with Crippen LogP contribution in [0.4, 0.5) is 4.79 Å². The fraction of sp³-hybridized carbons (Fsp3) is 0.235. The smallest absolute Gasteiger partial charge is 0.407 e. The van der Waals surface area contributed by atoms with Gasteiger partial charge in [0.05, 0.1) is 12.1 Å². The Kier molecular flexibility index (Phi) is 5.98. The standard InChI is InChI=1S/C17H18BrNO3/c1-12(16(20)14-7-9-15(18)10-8-14)19-17(21)22-11-13-5-3-2-4-6-13/h2-10,12,16,20H,11H2,1H3,(H,19,21). The largest absolute Gasteiger partial charge is 0.445 e.